The number of carboxylic acid groups (broad SMARTS) is 1. The quantitative estimate of drug-likeness (QED) is 0.904. The summed E-state index contributed by atoms with van der Waals surface area (Å²) in [5.41, 5.74) is 0.135. The lowest BCUT2D eigenvalue weighted by Crippen LogP contribution is -2.39. The minimum absolute atomic E-state index is 0.101. The van der Waals surface area contributed by atoms with Gasteiger partial charge in [-0.3, -0.25) is 14.6 Å². The van der Waals surface area contributed by atoms with Crippen molar-refractivity contribution in [1.29, 1.82) is 0 Å². The van der Waals surface area contributed by atoms with Gasteiger partial charge in [-0.25, -0.2) is 0 Å². The molecule has 1 heterocycles. The van der Waals surface area contributed by atoms with E-state index in [0.29, 0.717) is 19.4 Å². The Morgan fingerprint density at radius 1 is 1.24 bits per heavy atom. The van der Waals surface area contributed by atoms with E-state index in [2.05, 4.69) is 4.98 Å². The van der Waals surface area contributed by atoms with E-state index >= 15 is 0 Å². The third-order valence-electron chi connectivity index (χ3n) is 4.35. The Morgan fingerprint density at radius 2 is 1.86 bits per heavy atom. The Hall–Kier alpha value is -1.91. The molecule has 21 heavy (non-hydrogen) atoms. The Balaban J connectivity index is 2.00. The molecule has 1 N–H and O–H groups in total. The second-order valence-corrected chi connectivity index (χ2v) is 5.93. The van der Waals surface area contributed by atoms with Gasteiger partial charge in [0.05, 0.1) is 5.41 Å². The summed E-state index contributed by atoms with van der Waals surface area (Å²) in [4.78, 5) is 29.5. The number of carbonyl (C=O) groups excluding carboxylic acids is 1. The molecule has 5 nitrogen and oxygen atoms in total. The average Bonchev–Trinajstić information content (AvgIpc) is 2.49. The van der Waals surface area contributed by atoms with Gasteiger partial charge in [-0.05, 0) is 30.5 Å². The Morgan fingerprint density at radius 3 is 2.43 bits per heavy atom. The molecule has 0 atom stereocenters. The Kier molecular flexibility index (Phi) is 4.94. The van der Waals surface area contributed by atoms with Crippen molar-refractivity contribution in [2.24, 2.45) is 5.41 Å². The van der Waals surface area contributed by atoms with E-state index in [4.69, 9.17) is 0 Å². The van der Waals surface area contributed by atoms with E-state index in [9.17, 15) is 14.7 Å². The number of nitrogens with zero attached hydrogens (tertiary/aromatic N) is 2. The molecule has 1 saturated carbocycles. The smallest absolute Gasteiger partial charge is 0.310 e. The van der Waals surface area contributed by atoms with Crippen molar-refractivity contribution in [3.63, 3.8) is 0 Å². The molecule has 0 aliphatic heterocycles. The van der Waals surface area contributed by atoms with Crippen molar-refractivity contribution < 1.29 is 14.7 Å². The molecule has 2 rings (SSSR count). The van der Waals surface area contributed by atoms with Crippen molar-refractivity contribution >= 4 is 11.9 Å². The second-order valence-electron chi connectivity index (χ2n) is 5.93. The van der Waals surface area contributed by atoms with E-state index < -0.39 is 11.4 Å². The van der Waals surface area contributed by atoms with Gasteiger partial charge in [-0.1, -0.05) is 19.3 Å². The molecule has 1 fully saturated rings. The van der Waals surface area contributed by atoms with Crippen LogP contribution < -0.4 is 0 Å². The monoisotopic (exact) mass is 290 g/mol. The zero-order chi connectivity index (χ0) is 15.3. The maximum atomic E-state index is 12.4. The maximum Gasteiger partial charge on any atom is 0.310 e. The van der Waals surface area contributed by atoms with E-state index in [-0.39, 0.29) is 12.3 Å². The summed E-state index contributed by atoms with van der Waals surface area (Å²) in [6.45, 7) is 0.483. The van der Waals surface area contributed by atoms with Gasteiger partial charge in [-0.2, -0.15) is 0 Å². The third-order valence-corrected chi connectivity index (χ3v) is 4.35. The molecule has 1 amide bonds. The number of hydrogen-bond donors (Lipinski definition) is 1. The molecule has 1 aromatic heterocycles. The first-order chi connectivity index (χ1) is 10.0. The van der Waals surface area contributed by atoms with E-state index in [1.807, 2.05) is 12.1 Å². The molecule has 0 spiro atoms. The van der Waals surface area contributed by atoms with Crippen LogP contribution in [0.2, 0.25) is 0 Å². The number of carbonyl (C=O) groups is 2. The van der Waals surface area contributed by atoms with Gasteiger partial charge in [0.2, 0.25) is 5.91 Å². The fourth-order valence-corrected chi connectivity index (χ4v) is 2.97. The summed E-state index contributed by atoms with van der Waals surface area (Å²) in [6, 6.07) is 3.72. The minimum Gasteiger partial charge on any atom is -0.481 e. The molecule has 0 aromatic carbocycles. The summed E-state index contributed by atoms with van der Waals surface area (Å²) in [7, 11) is 1.72. The molecular weight excluding hydrogens is 268 g/mol. The van der Waals surface area contributed by atoms with Crippen molar-refractivity contribution in [3.8, 4) is 0 Å². The summed E-state index contributed by atoms with van der Waals surface area (Å²) in [5.74, 6) is -0.927. The predicted molar refractivity (Wildman–Crippen MR) is 78.5 cm³/mol. The molecule has 114 valence electrons. The van der Waals surface area contributed by atoms with Gasteiger partial charge in [0.1, 0.15) is 0 Å². The number of pyridine rings is 1. The molecule has 0 radical (unpaired) electrons. The summed E-state index contributed by atoms with van der Waals surface area (Å²) >= 11 is 0. The zero-order valence-corrected chi connectivity index (χ0v) is 12.4. The molecule has 1 aliphatic rings. The first-order valence-electron chi connectivity index (χ1n) is 7.40. The number of carboxylic acids is 1. The van der Waals surface area contributed by atoms with Crippen LogP contribution in [0.15, 0.2) is 24.5 Å². The number of aliphatic carboxylic acids is 1. The third kappa shape index (κ3) is 3.80. The van der Waals surface area contributed by atoms with Crippen LogP contribution in [-0.4, -0.2) is 33.9 Å². The molecule has 0 saturated heterocycles. The second kappa shape index (κ2) is 6.70. The molecule has 1 aromatic rings. The number of amides is 1. The molecular formula is C16H22N2O3. The van der Waals surface area contributed by atoms with Crippen LogP contribution in [0.25, 0.3) is 0 Å². The van der Waals surface area contributed by atoms with Gasteiger partial charge in [-0.15, -0.1) is 0 Å². The van der Waals surface area contributed by atoms with Gasteiger partial charge in [0.25, 0.3) is 0 Å². The van der Waals surface area contributed by atoms with Crippen molar-refractivity contribution in [2.75, 3.05) is 7.05 Å². The highest BCUT2D eigenvalue weighted by Gasteiger charge is 2.41. The summed E-state index contributed by atoms with van der Waals surface area (Å²) in [5, 5.41) is 9.53. The van der Waals surface area contributed by atoms with Gasteiger partial charge < -0.3 is 10.0 Å². The Labute approximate surface area is 125 Å². The van der Waals surface area contributed by atoms with Crippen molar-refractivity contribution in [2.45, 2.75) is 45.1 Å². The van der Waals surface area contributed by atoms with Crippen LogP contribution in [0.4, 0.5) is 0 Å². The molecule has 0 bridgehead atoms. The minimum atomic E-state index is -0.859. The van der Waals surface area contributed by atoms with E-state index in [1.165, 1.54) is 0 Å². The topological polar surface area (TPSA) is 70.5 Å². The van der Waals surface area contributed by atoms with Gasteiger partial charge >= 0.3 is 5.97 Å². The lowest BCUT2D eigenvalue weighted by molar-refractivity contribution is -0.155. The van der Waals surface area contributed by atoms with E-state index in [1.54, 1.807) is 24.3 Å². The predicted octanol–water partition coefficient (Wildman–Crippen LogP) is 2.47. The fraction of sp³-hybridized carbons (Fsp3) is 0.562. The Bertz CT molecular complexity index is 496. The molecule has 1 aliphatic carbocycles. The zero-order valence-electron chi connectivity index (χ0n) is 12.4. The molecule has 0 unspecified atom stereocenters. The number of rotatable bonds is 5. The number of aromatic nitrogens is 1. The number of hydrogen-bond acceptors (Lipinski definition) is 3. The normalized spacial score (nSPS) is 17.2. The van der Waals surface area contributed by atoms with Crippen LogP contribution in [0, 0.1) is 5.41 Å². The van der Waals surface area contributed by atoms with Crippen LogP contribution in [0.3, 0.4) is 0 Å². The van der Waals surface area contributed by atoms with E-state index in [0.717, 1.165) is 24.8 Å². The molecule has 5 heteroatoms. The van der Waals surface area contributed by atoms with Crippen LogP contribution >= 0.6 is 0 Å². The van der Waals surface area contributed by atoms with Gasteiger partial charge in [0.15, 0.2) is 0 Å². The van der Waals surface area contributed by atoms with Crippen LogP contribution in [0.1, 0.15) is 44.1 Å². The SMILES string of the molecule is CN(Cc1ccncc1)C(=O)CC1(C(=O)O)CCCCC1. The highest BCUT2D eigenvalue weighted by atomic mass is 16.4. The lowest BCUT2D eigenvalue weighted by Gasteiger charge is -2.33. The first kappa shape index (κ1) is 15.5. The van der Waals surface area contributed by atoms with Crippen molar-refractivity contribution in [1.82, 2.24) is 9.88 Å². The maximum absolute atomic E-state index is 12.4. The van der Waals surface area contributed by atoms with Crippen LogP contribution in [-0.2, 0) is 16.1 Å². The fourth-order valence-electron chi connectivity index (χ4n) is 2.97. The standard InChI is InChI=1S/C16H22N2O3/c1-18(12-13-5-9-17-10-6-13)14(19)11-16(15(20)21)7-3-2-4-8-16/h5-6,9-10H,2-4,7-8,11-12H2,1H3,(H,20,21). The van der Waals surface area contributed by atoms with Crippen LogP contribution in [0.5, 0.6) is 0 Å². The van der Waals surface area contributed by atoms with Crippen molar-refractivity contribution in [3.05, 3.63) is 30.1 Å². The average molecular weight is 290 g/mol. The highest BCUT2D eigenvalue weighted by molar-refractivity contribution is 5.85. The summed E-state index contributed by atoms with van der Waals surface area (Å²) < 4.78 is 0. The first-order valence-corrected chi connectivity index (χ1v) is 7.40. The largest absolute Gasteiger partial charge is 0.481 e. The summed E-state index contributed by atoms with van der Waals surface area (Å²) in [6.07, 6.45) is 7.55. The lowest BCUT2D eigenvalue weighted by atomic mass is 9.71. The van der Waals surface area contributed by atoms with Gasteiger partial charge in [0, 0.05) is 32.4 Å². The highest BCUT2D eigenvalue weighted by Crippen LogP contribution is 2.40.